The number of nitrogens with one attached hydrogen (secondary N) is 2. The lowest BCUT2D eigenvalue weighted by atomic mass is 10.2. The fourth-order valence-electron chi connectivity index (χ4n) is 1.88. The van der Waals surface area contributed by atoms with Crippen LogP contribution < -0.4 is 10.6 Å². The van der Waals surface area contributed by atoms with Gasteiger partial charge >= 0.3 is 0 Å². The Kier molecular flexibility index (Phi) is 4.74. The largest absolute Gasteiger partial charge is 0.374 e. The highest BCUT2D eigenvalue weighted by Crippen LogP contribution is 2.15. The summed E-state index contributed by atoms with van der Waals surface area (Å²) in [6.45, 7) is 3.37. The molecule has 0 bridgehead atoms. The number of carbonyl (C=O) groups is 1. The highest BCUT2D eigenvalue weighted by molar-refractivity contribution is 5.96. The highest BCUT2D eigenvalue weighted by atomic mass is 19.1. The van der Waals surface area contributed by atoms with Gasteiger partial charge < -0.3 is 10.6 Å². The predicted octanol–water partition coefficient (Wildman–Crippen LogP) is 3.44. The second kappa shape index (κ2) is 6.72. The smallest absolute Gasteiger partial charge is 0.246 e. The summed E-state index contributed by atoms with van der Waals surface area (Å²) in [5.41, 5.74) is 2.23. The molecule has 2 aromatic carbocycles. The summed E-state index contributed by atoms with van der Waals surface area (Å²) in [7, 11) is 0. The number of hydrogen-bond donors (Lipinski definition) is 2. The van der Waals surface area contributed by atoms with E-state index in [1.165, 1.54) is 6.07 Å². The van der Waals surface area contributed by atoms with Gasteiger partial charge in [0.05, 0.1) is 11.6 Å². The maximum atomic E-state index is 13.5. The van der Waals surface area contributed by atoms with Gasteiger partial charge in [-0.25, -0.2) is 4.39 Å². The zero-order chi connectivity index (χ0) is 16.1. The number of aryl methyl sites for hydroxylation is 1. The fourth-order valence-corrected chi connectivity index (χ4v) is 1.88. The van der Waals surface area contributed by atoms with Crippen LogP contribution in [0.3, 0.4) is 0 Å². The third kappa shape index (κ3) is 3.83. The topological polar surface area (TPSA) is 64.9 Å². The Labute approximate surface area is 128 Å². The minimum Gasteiger partial charge on any atom is -0.374 e. The molecule has 0 spiro atoms. The van der Waals surface area contributed by atoms with Crippen LogP contribution in [0, 0.1) is 24.1 Å². The predicted molar refractivity (Wildman–Crippen MR) is 84.0 cm³/mol. The third-order valence-corrected chi connectivity index (χ3v) is 3.23. The Hall–Kier alpha value is -2.87. The van der Waals surface area contributed by atoms with Gasteiger partial charge in [-0.1, -0.05) is 6.07 Å². The van der Waals surface area contributed by atoms with Crippen LogP contribution in [-0.4, -0.2) is 11.9 Å². The molecule has 0 saturated heterocycles. The van der Waals surface area contributed by atoms with Crippen molar-refractivity contribution in [2.45, 2.75) is 19.9 Å². The molecule has 2 rings (SSSR count). The molecule has 4 nitrogen and oxygen atoms in total. The van der Waals surface area contributed by atoms with Crippen LogP contribution >= 0.6 is 0 Å². The standard InChI is InChI=1S/C17H16FN3O/c1-11-3-6-15(9-16(11)18)20-12(2)17(22)21-14-7-4-13(10-19)5-8-14/h3-9,12,20H,1-2H3,(H,21,22)/t12-/m1/s1. The van der Waals surface area contributed by atoms with Crippen LogP contribution in [-0.2, 0) is 4.79 Å². The lowest BCUT2D eigenvalue weighted by Gasteiger charge is -2.15. The Morgan fingerprint density at radius 2 is 1.82 bits per heavy atom. The molecule has 1 atom stereocenters. The van der Waals surface area contributed by atoms with Crippen molar-refractivity contribution in [3.05, 3.63) is 59.4 Å². The molecule has 2 N–H and O–H groups in total. The first-order chi connectivity index (χ1) is 10.5. The van der Waals surface area contributed by atoms with Gasteiger partial charge in [0.15, 0.2) is 0 Å². The maximum absolute atomic E-state index is 13.5. The average Bonchev–Trinajstić information content (AvgIpc) is 2.51. The number of anilines is 2. The fraction of sp³-hybridized carbons (Fsp3) is 0.176. The van der Waals surface area contributed by atoms with Crippen LogP contribution in [0.15, 0.2) is 42.5 Å². The van der Waals surface area contributed by atoms with Gasteiger partial charge in [-0.05, 0) is 55.8 Å². The molecule has 0 aliphatic heterocycles. The maximum Gasteiger partial charge on any atom is 0.246 e. The minimum absolute atomic E-state index is 0.245. The summed E-state index contributed by atoms with van der Waals surface area (Å²) < 4.78 is 13.5. The number of nitriles is 1. The van der Waals surface area contributed by atoms with E-state index in [4.69, 9.17) is 5.26 Å². The Balaban J connectivity index is 1.99. The summed E-state index contributed by atoms with van der Waals surface area (Å²) in [5, 5.41) is 14.4. The Bertz CT molecular complexity index is 720. The van der Waals surface area contributed by atoms with E-state index in [0.717, 1.165) is 0 Å². The number of carbonyl (C=O) groups excluding carboxylic acids is 1. The van der Waals surface area contributed by atoms with E-state index in [1.807, 2.05) is 6.07 Å². The number of hydrogen-bond acceptors (Lipinski definition) is 3. The SMILES string of the molecule is Cc1ccc(N[C@H](C)C(=O)Nc2ccc(C#N)cc2)cc1F. The molecule has 0 aliphatic carbocycles. The van der Waals surface area contributed by atoms with Crippen molar-refractivity contribution in [3.63, 3.8) is 0 Å². The first kappa shape index (κ1) is 15.5. The van der Waals surface area contributed by atoms with Gasteiger partial charge in [-0.3, -0.25) is 4.79 Å². The van der Waals surface area contributed by atoms with E-state index in [0.29, 0.717) is 22.5 Å². The highest BCUT2D eigenvalue weighted by Gasteiger charge is 2.13. The molecule has 1 amide bonds. The van der Waals surface area contributed by atoms with Crippen molar-refractivity contribution >= 4 is 17.3 Å². The van der Waals surface area contributed by atoms with Crippen LogP contribution in [0.1, 0.15) is 18.1 Å². The van der Waals surface area contributed by atoms with Crippen molar-refractivity contribution in [1.29, 1.82) is 5.26 Å². The average molecular weight is 297 g/mol. The van der Waals surface area contributed by atoms with Gasteiger partial charge in [-0.15, -0.1) is 0 Å². The number of amides is 1. The monoisotopic (exact) mass is 297 g/mol. The summed E-state index contributed by atoms with van der Waals surface area (Å²) >= 11 is 0. The van der Waals surface area contributed by atoms with Gasteiger partial charge in [0.2, 0.25) is 5.91 Å². The molecule has 0 saturated carbocycles. The lowest BCUT2D eigenvalue weighted by Crippen LogP contribution is -2.31. The number of halogens is 1. The molecule has 0 aliphatic rings. The zero-order valence-electron chi connectivity index (χ0n) is 12.4. The lowest BCUT2D eigenvalue weighted by molar-refractivity contribution is -0.116. The molecule has 0 aromatic heterocycles. The molecular weight excluding hydrogens is 281 g/mol. The number of benzene rings is 2. The molecule has 0 fully saturated rings. The van der Waals surface area contributed by atoms with Crippen LogP contribution in [0.4, 0.5) is 15.8 Å². The van der Waals surface area contributed by atoms with Crippen molar-refractivity contribution in [2.24, 2.45) is 0 Å². The summed E-state index contributed by atoms with van der Waals surface area (Å²) in [6.07, 6.45) is 0. The second-order valence-electron chi connectivity index (χ2n) is 5.01. The first-order valence-corrected chi connectivity index (χ1v) is 6.83. The third-order valence-electron chi connectivity index (χ3n) is 3.23. The summed E-state index contributed by atoms with van der Waals surface area (Å²) in [4.78, 5) is 12.1. The quantitative estimate of drug-likeness (QED) is 0.908. The van der Waals surface area contributed by atoms with Crippen LogP contribution in [0.5, 0.6) is 0 Å². The summed E-state index contributed by atoms with van der Waals surface area (Å²) in [6, 6.07) is 12.8. The normalized spacial score (nSPS) is 11.4. The zero-order valence-corrected chi connectivity index (χ0v) is 12.4. The van der Waals surface area contributed by atoms with E-state index < -0.39 is 6.04 Å². The number of rotatable bonds is 4. The van der Waals surface area contributed by atoms with Crippen molar-refractivity contribution in [2.75, 3.05) is 10.6 Å². The van der Waals surface area contributed by atoms with E-state index >= 15 is 0 Å². The molecule has 0 unspecified atom stereocenters. The molecule has 22 heavy (non-hydrogen) atoms. The molecular formula is C17H16FN3O. The molecule has 2 aromatic rings. The minimum atomic E-state index is -0.530. The van der Waals surface area contributed by atoms with E-state index in [-0.39, 0.29) is 11.7 Å². The molecule has 112 valence electrons. The van der Waals surface area contributed by atoms with E-state index in [9.17, 15) is 9.18 Å². The van der Waals surface area contributed by atoms with E-state index in [1.54, 1.807) is 50.2 Å². The van der Waals surface area contributed by atoms with Crippen molar-refractivity contribution < 1.29 is 9.18 Å². The van der Waals surface area contributed by atoms with Crippen molar-refractivity contribution in [3.8, 4) is 6.07 Å². The first-order valence-electron chi connectivity index (χ1n) is 6.83. The Morgan fingerprint density at radius 1 is 1.18 bits per heavy atom. The number of nitrogens with zero attached hydrogens (tertiary/aromatic N) is 1. The second-order valence-corrected chi connectivity index (χ2v) is 5.01. The van der Waals surface area contributed by atoms with Gasteiger partial charge in [0.25, 0.3) is 0 Å². The molecule has 0 heterocycles. The molecule has 0 radical (unpaired) electrons. The van der Waals surface area contributed by atoms with Crippen LogP contribution in [0.2, 0.25) is 0 Å². The van der Waals surface area contributed by atoms with E-state index in [2.05, 4.69) is 10.6 Å². The van der Waals surface area contributed by atoms with Gasteiger partial charge in [0, 0.05) is 11.4 Å². The van der Waals surface area contributed by atoms with Crippen molar-refractivity contribution in [1.82, 2.24) is 0 Å². The molecule has 5 heteroatoms. The van der Waals surface area contributed by atoms with Gasteiger partial charge in [0.1, 0.15) is 11.9 Å². The van der Waals surface area contributed by atoms with Crippen LogP contribution in [0.25, 0.3) is 0 Å². The Morgan fingerprint density at radius 3 is 2.41 bits per heavy atom. The summed E-state index contributed by atoms with van der Waals surface area (Å²) in [5.74, 6) is -0.560. The van der Waals surface area contributed by atoms with Gasteiger partial charge in [-0.2, -0.15) is 5.26 Å².